The van der Waals surface area contributed by atoms with E-state index < -0.39 is 0 Å². The quantitative estimate of drug-likeness (QED) is 0.894. The van der Waals surface area contributed by atoms with E-state index in [4.69, 9.17) is 10.5 Å². The van der Waals surface area contributed by atoms with Gasteiger partial charge >= 0.3 is 0 Å². The van der Waals surface area contributed by atoms with Gasteiger partial charge in [-0.15, -0.1) is 0 Å². The Morgan fingerprint density at radius 2 is 2.29 bits per heavy atom. The van der Waals surface area contributed by atoms with Crippen LogP contribution in [0.1, 0.15) is 43.8 Å². The Bertz CT molecular complexity index is 510. The Labute approximate surface area is 129 Å². The summed E-state index contributed by atoms with van der Waals surface area (Å²) in [7, 11) is 0. The van der Waals surface area contributed by atoms with Gasteiger partial charge in [-0.1, -0.05) is 18.3 Å². The van der Waals surface area contributed by atoms with E-state index in [9.17, 15) is 4.79 Å². The van der Waals surface area contributed by atoms with Gasteiger partial charge in [-0.2, -0.15) is 0 Å². The molecule has 1 aliphatic heterocycles. The predicted molar refractivity (Wildman–Crippen MR) is 85.8 cm³/mol. The number of aromatic nitrogens is 1. The van der Waals surface area contributed by atoms with Crippen LogP contribution in [0.4, 0.5) is 10.9 Å². The number of nitrogens with two attached hydrogens (primary N) is 1. The maximum absolute atomic E-state index is 12.7. The Hall–Kier alpha value is -1.34. The number of nitrogens with zero attached hydrogens (tertiary/aromatic N) is 2. The molecule has 1 atom stereocenters. The van der Waals surface area contributed by atoms with E-state index in [1.165, 1.54) is 11.3 Å². The molecule has 1 amide bonds. The van der Waals surface area contributed by atoms with E-state index in [1.807, 2.05) is 25.7 Å². The highest BCUT2D eigenvalue weighted by atomic mass is 32.1. The molecule has 6 nitrogen and oxygen atoms in total. The number of nitrogens with one attached hydrogen (secondary N) is 1. The number of ether oxygens (including phenoxy) is 1. The van der Waals surface area contributed by atoms with E-state index in [0.717, 1.165) is 6.42 Å². The Balaban J connectivity index is 2.18. The van der Waals surface area contributed by atoms with Crippen LogP contribution in [0.25, 0.3) is 0 Å². The molecule has 0 aliphatic carbocycles. The minimum absolute atomic E-state index is 0.0397. The maximum atomic E-state index is 12.7. The number of carbonyl (C=O) groups is 1. The first-order chi connectivity index (χ1) is 9.81. The van der Waals surface area contributed by atoms with Gasteiger partial charge in [-0.05, 0) is 27.2 Å². The number of hydrogen-bond acceptors (Lipinski definition) is 6. The van der Waals surface area contributed by atoms with Crippen LogP contribution in [-0.2, 0) is 4.74 Å². The highest BCUT2D eigenvalue weighted by Gasteiger charge is 2.30. The minimum atomic E-state index is -0.116. The van der Waals surface area contributed by atoms with Crippen molar-refractivity contribution in [2.24, 2.45) is 0 Å². The number of hydrogen-bond donors (Lipinski definition) is 2. The first-order valence-corrected chi connectivity index (χ1v) is 8.06. The summed E-state index contributed by atoms with van der Waals surface area (Å²) in [6.07, 6.45) is 0.873. The second kappa shape index (κ2) is 6.19. The van der Waals surface area contributed by atoms with Crippen molar-refractivity contribution in [2.75, 3.05) is 30.8 Å². The summed E-state index contributed by atoms with van der Waals surface area (Å²) in [5, 5.41) is 3.94. The van der Waals surface area contributed by atoms with Gasteiger partial charge in [-0.3, -0.25) is 4.79 Å². The molecule has 2 heterocycles. The number of morpholine rings is 1. The third-order valence-electron chi connectivity index (χ3n) is 3.29. The van der Waals surface area contributed by atoms with Gasteiger partial charge in [0.15, 0.2) is 5.13 Å². The minimum Gasteiger partial charge on any atom is -0.382 e. The lowest BCUT2D eigenvalue weighted by Gasteiger charge is -2.34. The van der Waals surface area contributed by atoms with Crippen molar-refractivity contribution in [1.82, 2.24) is 9.88 Å². The van der Waals surface area contributed by atoms with Gasteiger partial charge in [0.05, 0.1) is 19.3 Å². The zero-order valence-electron chi connectivity index (χ0n) is 13.1. The maximum Gasteiger partial charge on any atom is 0.268 e. The average molecular weight is 312 g/mol. The molecule has 2 rings (SSSR count). The van der Waals surface area contributed by atoms with Crippen LogP contribution >= 0.6 is 11.3 Å². The first kappa shape index (κ1) is 16.0. The molecule has 21 heavy (non-hydrogen) atoms. The smallest absolute Gasteiger partial charge is 0.268 e. The molecule has 1 fully saturated rings. The molecule has 1 aromatic rings. The van der Waals surface area contributed by atoms with Gasteiger partial charge in [0.2, 0.25) is 0 Å². The third kappa shape index (κ3) is 3.85. The van der Waals surface area contributed by atoms with Crippen LogP contribution in [0.15, 0.2) is 0 Å². The molecule has 0 bridgehead atoms. The van der Waals surface area contributed by atoms with E-state index in [-0.39, 0.29) is 17.5 Å². The highest BCUT2D eigenvalue weighted by Crippen LogP contribution is 2.29. The fraction of sp³-hybridized carbons (Fsp3) is 0.714. The molecule has 1 unspecified atom stereocenters. The fourth-order valence-corrected chi connectivity index (χ4v) is 3.30. The zero-order valence-corrected chi connectivity index (χ0v) is 13.9. The number of anilines is 2. The monoisotopic (exact) mass is 312 g/mol. The number of thiazole rings is 1. The highest BCUT2D eigenvalue weighted by molar-refractivity contribution is 7.18. The van der Waals surface area contributed by atoms with Crippen LogP contribution < -0.4 is 11.1 Å². The zero-order chi connectivity index (χ0) is 15.6. The van der Waals surface area contributed by atoms with Crippen LogP contribution in [0.5, 0.6) is 0 Å². The standard InChI is InChI=1S/C14H24N4O2S/c1-5-9-8-20-7-6-18(9)12(19)10-11(15)16-13(21-10)17-14(2,3)4/h9H,5-8,15H2,1-4H3,(H,16,17). The summed E-state index contributed by atoms with van der Waals surface area (Å²) in [6, 6.07) is 0.117. The summed E-state index contributed by atoms with van der Waals surface area (Å²) in [6.45, 7) is 9.96. The Morgan fingerprint density at radius 3 is 2.90 bits per heavy atom. The summed E-state index contributed by atoms with van der Waals surface area (Å²) in [5.74, 6) is 0.264. The molecule has 1 aliphatic rings. The van der Waals surface area contributed by atoms with Gasteiger partial charge in [0.1, 0.15) is 10.7 Å². The van der Waals surface area contributed by atoms with Crippen molar-refractivity contribution in [2.45, 2.75) is 45.7 Å². The molecular formula is C14H24N4O2S. The van der Waals surface area contributed by atoms with E-state index in [1.54, 1.807) is 0 Å². The molecule has 0 saturated carbocycles. The first-order valence-electron chi connectivity index (χ1n) is 7.25. The lowest BCUT2D eigenvalue weighted by atomic mass is 10.1. The topological polar surface area (TPSA) is 80.5 Å². The Morgan fingerprint density at radius 1 is 1.57 bits per heavy atom. The number of amides is 1. The van der Waals surface area contributed by atoms with Gasteiger partial charge in [-0.25, -0.2) is 4.98 Å². The fourth-order valence-electron chi connectivity index (χ4n) is 2.25. The molecule has 3 N–H and O–H groups in total. The second-order valence-electron chi connectivity index (χ2n) is 6.24. The predicted octanol–water partition coefficient (Wildman–Crippen LogP) is 2.19. The number of carbonyl (C=O) groups excluding carboxylic acids is 1. The molecule has 0 spiro atoms. The van der Waals surface area contributed by atoms with Crippen molar-refractivity contribution in [3.63, 3.8) is 0 Å². The number of nitrogen functional groups attached to an aromatic ring is 1. The summed E-state index contributed by atoms with van der Waals surface area (Å²) >= 11 is 1.32. The van der Waals surface area contributed by atoms with Crippen molar-refractivity contribution in [1.29, 1.82) is 0 Å². The molecule has 0 aromatic carbocycles. The summed E-state index contributed by atoms with van der Waals surface area (Å²) < 4.78 is 5.44. The van der Waals surface area contributed by atoms with Crippen LogP contribution in [0.3, 0.4) is 0 Å². The molecule has 7 heteroatoms. The van der Waals surface area contributed by atoms with Crippen molar-refractivity contribution >= 4 is 28.2 Å². The van der Waals surface area contributed by atoms with Crippen LogP contribution in [-0.4, -0.2) is 47.1 Å². The largest absolute Gasteiger partial charge is 0.382 e. The van der Waals surface area contributed by atoms with Crippen molar-refractivity contribution in [3.05, 3.63) is 4.88 Å². The van der Waals surface area contributed by atoms with E-state index >= 15 is 0 Å². The van der Waals surface area contributed by atoms with Gasteiger partial charge < -0.3 is 20.7 Å². The normalized spacial score (nSPS) is 19.6. The van der Waals surface area contributed by atoms with Crippen LogP contribution in [0.2, 0.25) is 0 Å². The lowest BCUT2D eigenvalue weighted by Crippen LogP contribution is -2.48. The molecule has 118 valence electrons. The Kier molecular flexibility index (Phi) is 4.73. The summed E-state index contributed by atoms with van der Waals surface area (Å²) in [5.41, 5.74) is 5.82. The lowest BCUT2D eigenvalue weighted by molar-refractivity contribution is -0.00249. The molecule has 0 radical (unpaired) electrons. The van der Waals surface area contributed by atoms with Gasteiger partial charge in [0, 0.05) is 12.1 Å². The van der Waals surface area contributed by atoms with Crippen molar-refractivity contribution in [3.8, 4) is 0 Å². The molecular weight excluding hydrogens is 288 g/mol. The van der Waals surface area contributed by atoms with Crippen molar-refractivity contribution < 1.29 is 9.53 Å². The molecule has 1 aromatic heterocycles. The SMILES string of the molecule is CCC1COCCN1C(=O)c1sc(NC(C)(C)C)nc1N. The average Bonchev–Trinajstić information content (AvgIpc) is 2.76. The van der Waals surface area contributed by atoms with Crippen LogP contribution in [0, 0.1) is 0 Å². The third-order valence-corrected chi connectivity index (χ3v) is 4.26. The van der Waals surface area contributed by atoms with Gasteiger partial charge in [0.25, 0.3) is 5.91 Å². The molecule has 1 saturated heterocycles. The second-order valence-corrected chi connectivity index (χ2v) is 7.24. The summed E-state index contributed by atoms with van der Waals surface area (Å²) in [4.78, 5) is 19.3. The van der Waals surface area contributed by atoms with E-state index in [0.29, 0.717) is 35.6 Å². The number of rotatable bonds is 3. The van der Waals surface area contributed by atoms with E-state index in [2.05, 4.69) is 17.2 Å².